The molecule has 0 bridgehead atoms. The first kappa shape index (κ1) is 40.4. The van der Waals surface area contributed by atoms with E-state index in [1.54, 1.807) is 29.2 Å². The summed E-state index contributed by atoms with van der Waals surface area (Å²) >= 11 is 0. The molecule has 3 fully saturated rings. The molecule has 3 aliphatic heterocycles. The van der Waals surface area contributed by atoms with Crippen LogP contribution in [0.4, 0.5) is 9.59 Å². The van der Waals surface area contributed by atoms with Gasteiger partial charge in [0.1, 0.15) is 30.3 Å². The maximum Gasteiger partial charge on any atom is 0.410 e. The molecule has 56 heavy (non-hydrogen) atoms. The van der Waals surface area contributed by atoms with Gasteiger partial charge in [0.2, 0.25) is 17.6 Å². The summed E-state index contributed by atoms with van der Waals surface area (Å²) < 4.78 is 17.2. The molecule has 6 rings (SSSR count). The van der Waals surface area contributed by atoms with Crippen molar-refractivity contribution in [3.63, 3.8) is 0 Å². The minimum absolute atomic E-state index is 0.00167. The second-order valence-corrected chi connectivity index (χ2v) is 14.6. The molecule has 5 N–H and O–H groups in total. The predicted molar refractivity (Wildman–Crippen MR) is 207 cm³/mol. The predicted octanol–water partition coefficient (Wildman–Crippen LogP) is 4.21. The molecule has 2 aromatic carbocycles. The number of benzene rings is 2. The van der Waals surface area contributed by atoms with Crippen molar-refractivity contribution in [3.05, 3.63) is 77.7 Å². The SMILES string of the molecule is NCCCC[C@H](NC(=O)[C@@H]1C[C@@H](OC(=O)N2CCCCC2)CN1C(=O)[C@@H](CC=C1CCNCC1)NC(=O)OCc1ccccc1)C(=O)c1nc2ccccc2o1. The van der Waals surface area contributed by atoms with Gasteiger partial charge in [-0.1, -0.05) is 54.1 Å². The number of likely N-dealkylation sites (tertiary alicyclic amines) is 2. The third-order valence-corrected chi connectivity index (χ3v) is 10.5. The fraction of sp³-hybridized carbons (Fsp3) is 0.512. The largest absolute Gasteiger partial charge is 0.445 e. The first-order valence-corrected chi connectivity index (χ1v) is 19.8. The van der Waals surface area contributed by atoms with E-state index in [-0.39, 0.29) is 38.3 Å². The Morgan fingerprint density at radius 2 is 1.70 bits per heavy atom. The van der Waals surface area contributed by atoms with Gasteiger partial charge in [-0.15, -0.1) is 0 Å². The molecule has 15 nitrogen and oxygen atoms in total. The number of fused-ring (bicyclic) bond motifs is 1. The number of oxazole rings is 1. The number of carbonyl (C=O) groups is 5. The summed E-state index contributed by atoms with van der Waals surface area (Å²) in [4.78, 5) is 76.6. The molecule has 15 heteroatoms. The fourth-order valence-corrected chi connectivity index (χ4v) is 7.39. The number of hydrogen-bond acceptors (Lipinski definition) is 11. The molecule has 0 radical (unpaired) electrons. The highest BCUT2D eigenvalue weighted by molar-refractivity contribution is 6.01. The van der Waals surface area contributed by atoms with E-state index < -0.39 is 54.0 Å². The number of nitrogens with two attached hydrogens (primary N) is 1. The van der Waals surface area contributed by atoms with Crippen LogP contribution in [-0.2, 0) is 25.7 Å². The molecule has 300 valence electrons. The van der Waals surface area contributed by atoms with E-state index in [0.717, 1.165) is 56.3 Å². The Bertz CT molecular complexity index is 1800. The minimum Gasteiger partial charge on any atom is -0.445 e. The van der Waals surface area contributed by atoms with E-state index in [2.05, 4.69) is 20.9 Å². The lowest BCUT2D eigenvalue weighted by Gasteiger charge is -2.29. The molecule has 3 aromatic rings. The number of piperidine rings is 2. The van der Waals surface area contributed by atoms with E-state index >= 15 is 0 Å². The second kappa shape index (κ2) is 20.1. The molecule has 0 spiro atoms. The van der Waals surface area contributed by atoms with Crippen LogP contribution >= 0.6 is 0 Å². The summed E-state index contributed by atoms with van der Waals surface area (Å²) in [7, 11) is 0. The van der Waals surface area contributed by atoms with Crippen molar-refractivity contribution in [1.82, 2.24) is 30.7 Å². The second-order valence-electron chi connectivity index (χ2n) is 14.6. The first-order valence-electron chi connectivity index (χ1n) is 19.8. The molecule has 4 heterocycles. The number of carbonyl (C=O) groups excluding carboxylic acids is 5. The molecular formula is C41H53N7O8. The molecular weight excluding hydrogens is 718 g/mol. The Morgan fingerprint density at radius 3 is 2.45 bits per heavy atom. The Hall–Kier alpha value is -5.28. The van der Waals surface area contributed by atoms with Gasteiger partial charge in [0.15, 0.2) is 5.58 Å². The zero-order valence-corrected chi connectivity index (χ0v) is 31.8. The molecule has 0 aliphatic carbocycles. The summed E-state index contributed by atoms with van der Waals surface area (Å²) in [6.45, 7) is 3.09. The van der Waals surface area contributed by atoms with Crippen molar-refractivity contribution >= 4 is 40.9 Å². The van der Waals surface area contributed by atoms with Gasteiger partial charge >= 0.3 is 12.2 Å². The molecule has 4 amide bonds. The van der Waals surface area contributed by atoms with Gasteiger partial charge in [0.05, 0.1) is 12.6 Å². The molecule has 0 saturated carbocycles. The van der Waals surface area contributed by atoms with Crippen molar-refractivity contribution in [1.29, 1.82) is 0 Å². The molecule has 4 atom stereocenters. The number of amides is 4. The van der Waals surface area contributed by atoms with Crippen LogP contribution < -0.4 is 21.7 Å². The van der Waals surface area contributed by atoms with Crippen molar-refractivity contribution < 1.29 is 37.9 Å². The summed E-state index contributed by atoms with van der Waals surface area (Å²) in [5.74, 6) is -1.78. The minimum atomic E-state index is -1.12. The van der Waals surface area contributed by atoms with Crippen LogP contribution in [-0.4, -0.2) is 108 Å². The van der Waals surface area contributed by atoms with Crippen LogP contribution in [0.2, 0.25) is 0 Å². The Labute approximate surface area is 326 Å². The summed E-state index contributed by atoms with van der Waals surface area (Å²) in [5, 5.41) is 8.95. The van der Waals surface area contributed by atoms with Crippen molar-refractivity contribution in [3.8, 4) is 0 Å². The van der Waals surface area contributed by atoms with Gasteiger partial charge in [0, 0.05) is 19.5 Å². The molecule has 1 aromatic heterocycles. The smallest absolute Gasteiger partial charge is 0.410 e. The molecule has 3 saturated heterocycles. The fourth-order valence-electron chi connectivity index (χ4n) is 7.39. The van der Waals surface area contributed by atoms with Crippen molar-refractivity contribution in [2.45, 2.75) is 95.0 Å². The lowest BCUT2D eigenvalue weighted by atomic mass is 10.0. The number of nitrogens with zero attached hydrogens (tertiary/aromatic N) is 3. The summed E-state index contributed by atoms with van der Waals surface area (Å²) in [5.41, 5.74) is 8.65. The third kappa shape index (κ3) is 10.9. The number of rotatable bonds is 15. The van der Waals surface area contributed by atoms with Gasteiger partial charge in [0.25, 0.3) is 5.89 Å². The number of alkyl carbamates (subject to hydrolysis) is 1. The monoisotopic (exact) mass is 771 g/mol. The average molecular weight is 772 g/mol. The van der Waals surface area contributed by atoms with E-state index in [4.69, 9.17) is 19.6 Å². The Balaban J connectivity index is 1.23. The van der Waals surface area contributed by atoms with Gasteiger partial charge in [-0.2, -0.15) is 0 Å². The number of unbranched alkanes of at least 4 members (excludes halogenated alkanes) is 1. The van der Waals surface area contributed by atoms with Crippen LogP contribution in [0.15, 0.2) is 70.7 Å². The van der Waals surface area contributed by atoms with Crippen LogP contribution in [0.3, 0.4) is 0 Å². The van der Waals surface area contributed by atoms with Gasteiger partial charge < -0.3 is 45.4 Å². The standard InChI is InChI=1S/C41H53N7O8/c42-20-8-7-14-32(36(49)38-45-31-13-5-6-15-35(31)56-38)44-37(50)34-25-30(55-41(53)47-23-9-2-10-24-47)26-48(34)39(51)33(17-16-28-18-21-43-22-19-28)46-40(52)54-27-29-11-3-1-4-12-29/h1,3-6,11-13,15-16,30,32-34,43H,2,7-10,14,17-27,42H2,(H,44,50)(H,46,52)/t30-,32+,33-,34+/m1/s1. The topological polar surface area (TPSA) is 198 Å². The molecule has 0 unspecified atom stereocenters. The zero-order valence-electron chi connectivity index (χ0n) is 31.8. The lowest BCUT2D eigenvalue weighted by Crippen LogP contribution is -2.55. The van der Waals surface area contributed by atoms with Crippen LogP contribution in [0.5, 0.6) is 0 Å². The van der Waals surface area contributed by atoms with E-state index in [9.17, 15) is 24.0 Å². The number of aromatic nitrogens is 1. The summed E-state index contributed by atoms with van der Waals surface area (Å²) in [6, 6.07) is 13.0. The zero-order chi connectivity index (χ0) is 39.3. The number of para-hydroxylation sites is 2. The van der Waals surface area contributed by atoms with Gasteiger partial charge in [-0.05, 0) is 95.1 Å². The van der Waals surface area contributed by atoms with Crippen LogP contribution in [0.25, 0.3) is 11.1 Å². The van der Waals surface area contributed by atoms with Crippen molar-refractivity contribution in [2.24, 2.45) is 5.73 Å². The number of hydrogen-bond donors (Lipinski definition) is 4. The number of Topliss-reactive ketones (excluding diaryl/α,β-unsaturated/α-hetero) is 1. The quantitative estimate of drug-likeness (QED) is 0.0981. The van der Waals surface area contributed by atoms with E-state index in [0.29, 0.717) is 43.6 Å². The average Bonchev–Trinajstić information content (AvgIpc) is 3.87. The lowest BCUT2D eigenvalue weighted by molar-refractivity contribution is -0.140. The normalized spacial score (nSPS) is 19.6. The van der Waals surface area contributed by atoms with Crippen molar-refractivity contribution in [2.75, 3.05) is 39.3 Å². The maximum absolute atomic E-state index is 14.6. The number of nitrogens with one attached hydrogen (secondary N) is 3. The highest BCUT2D eigenvalue weighted by Gasteiger charge is 2.45. The highest BCUT2D eigenvalue weighted by Crippen LogP contribution is 2.26. The van der Waals surface area contributed by atoms with E-state index in [1.807, 2.05) is 36.4 Å². The third-order valence-electron chi connectivity index (χ3n) is 10.5. The van der Waals surface area contributed by atoms with Crippen LogP contribution in [0.1, 0.15) is 80.5 Å². The summed E-state index contributed by atoms with van der Waals surface area (Å²) in [6.07, 6.45) is 5.85. The Kier molecular flexibility index (Phi) is 14.5. The number of ether oxygens (including phenoxy) is 2. The highest BCUT2D eigenvalue weighted by atomic mass is 16.6. The Morgan fingerprint density at radius 1 is 0.946 bits per heavy atom. The van der Waals surface area contributed by atoms with Gasteiger partial charge in [-0.25, -0.2) is 14.6 Å². The maximum atomic E-state index is 14.6. The molecule has 3 aliphatic rings. The first-order chi connectivity index (χ1) is 27.3. The van der Waals surface area contributed by atoms with E-state index in [1.165, 1.54) is 4.90 Å². The van der Waals surface area contributed by atoms with Crippen LogP contribution in [0, 0.1) is 0 Å². The van der Waals surface area contributed by atoms with Gasteiger partial charge in [-0.3, -0.25) is 14.4 Å². The number of ketones is 1.